The number of hydrogen-bond donors (Lipinski definition) is 2. The Morgan fingerprint density at radius 3 is 2.37 bits per heavy atom. The number of hydrogen-bond acceptors (Lipinski definition) is 9. The fourth-order valence-corrected chi connectivity index (χ4v) is 14.9. The molecule has 6 fully saturated rings. The monoisotopic (exact) mass is 787 g/mol. The Kier molecular flexibility index (Phi) is 9.01. The van der Waals surface area contributed by atoms with Crippen LogP contribution in [-0.4, -0.2) is 80.4 Å². The molecule has 2 aliphatic heterocycles. The number of aromatic nitrogens is 3. The molecule has 57 heavy (non-hydrogen) atoms. The molecule has 0 radical (unpaired) electrons. The average Bonchev–Trinajstić information content (AvgIpc) is 3.60. The molecule has 11 nitrogen and oxygen atoms in total. The SMILES string of the molecule is C[C@@H]1CC2C3=CCC4[C@@]5(C)CC[C@@H]6OC(C)(C)OC[C@]6(C)C5[C@@H](C)C[C@@]4(C)[C@]3(C)C[C@H]3OC(C)(C)O[C@@H]([C@@H]1O)[C@@]23COCc1cn(-c2ccc(C(=O)O)cc2)nn1. The molecular formula is C46H65N3O8. The predicted molar refractivity (Wildman–Crippen MR) is 212 cm³/mol. The molecule has 11 heteroatoms. The Bertz CT molecular complexity index is 1940. The van der Waals surface area contributed by atoms with Crippen molar-refractivity contribution in [3.8, 4) is 5.69 Å². The molecule has 14 atom stereocenters. The standard InChI is InChI=1S/C46H65N3O8/c1-26-19-32-31-15-16-33-42(7)18-17-34-43(8,24-54-40(3,4)55-34)37(42)27(2)20-45(33,10)44(31,9)21-35-46(32,38(36(26)50)57-41(5,6)56-35)25-53-23-29-22-49(48-47-29)30-13-11-28(12-14-30)39(51)52/h11-15,22,26-27,32-38,50H,16-21,23-25H2,1-10H3,(H,51,52)/t26-,27+,32?,33?,34+,35-,36-,37?,38+,42-,43+,44-,45-,46+/m1/s1. The van der Waals surface area contributed by atoms with Gasteiger partial charge in [0.05, 0.1) is 67.1 Å². The van der Waals surface area contributed by atoms with Gasteiger partial charge >= 0.3 is 5.97 Å². The number of carbonyl (C=O) groups is 1. The molecule has 312 valence electrons. The van der Waals surface area contributed by atoms with Crippen LogP contribution in [0.5, 0.6) is 0 Å². The highest BCUT2D eigenvalue weighted by atomic mass is 16.7. The summed E-state index contributed by atoms with van der Waals surface area (Å²) in [6.45, 7) is 24.4. The van der Waals surface area contributed by atoms with Crippen molar-refractivity contribution >= 4 is 5.97 Å². The second kappa shape index (κ2) is 12.9. The van der Waals surface area contributed by atoms with Gasteiger partial charge in [0, 0.05) is 5.41 Å². The number of nitrogens with zero attached hydrogens (tertiary/aromatic N) is 3. The molecule has 2 saturated heterocycles. The van der Waals surface area contributed by atoms with Crippen LogP contribution in [0.2, 0.25) is 0 Å². The average molecular weight is 788 g/mol. The number of carboxylic acids is 1. The van der Waals surface area contributed by atoms with Crippen molar-refractivity contribution in [1.29, 1.82) is 0 Å². The van der Waals surface area contributed by atoms with E-state index in [9.17, 15) is 15.0 Å². The van der Waals surface area contributed by atoms with Gasteiger partial charge in [-0.25, -0.2) is 9.48 Å². The highest BCUT2D eigenvalue weighted by Gasteiger charge is 2.75. The van der Waals surface area contributed by atoms with Crippen molar-refractivity contribution < 1.29 is 38.7 Å². The first-order chi connectivity index (χ1) is 26.7. The Labute approximate surface area is 338 Å². The number of aliphatic hydroxyl groups is 1. The minimum absolute atomic E-state index is 0.0232. The zero-order chi connectivity index (χ0) is 40.7. The first kappa shape index (κ1) is 39.8. The van der Waals surface area contributed by atoms with E-state index < -0.39 is 35.2 Å². The van der Waals surface area contributed by atoms with Crippen LogP contribution in [0.4, 0.5) is 0 Å². The normalized spacial score (nSPS) is 46.6. The van der Waals surface area contributed by atoms with Gasteiger partial charge in [-0.2, -0.15) is 0 Å². The van der Waals surface area contributed by atoms with Gasteiger partial charge in [0.1, 0.15) is 5.69 Å². The molecule has 2 N–H and O–H groups in total. The molecule has 1 aromatic heterocycles. The predicted octanol–water partition coefficient (Wildman–Crippen LogP) is 7.98. The van der Waals surface area contributed by atoms with Crippen LogP contribution >= 0.6 is 0 Å². The minimum Gasteiger partial charge on any atom is -0.478 e. The fraction of sp³-hybridized carbons (Fsp3) is 0.761. The number of carboxylic acid groups (broad SMARTS) is 1. The summed E-state index contributed by atoms with van der Waals surface area (Å²) < 4.78 is 35.5. The van der Waals surface area contributed by atoms with E-state index in [4.69, 9.17) is 23.7 Å². The van der Waals surface area contributed by atoms with Crippen LogP contribution in [0, 0.1) is 56.7 Å². The van der Waals surface area contributed by atoms with Crippen LogP contribution < -0.4 is 0 Å². The zero-order valence-corrected chi connectivity index (χ0v) is 35.7. The third-order valence-electron chi connectivity index (χ3n) is 17.2. The van der Waals surface area contributed by atoms with Gasteiger partial charge in [0.2, 0.25) is 0 Å². The summed E-state index contributed by atoms with van der Waals surface area (Å²) in [5.74, 6) is -0.768. The number of aliphatic hydroxyl groups excluding tert-OH is 1. The molecule has 7 aliphatic rings. The van der Waals surface area contributed by atoms with Crippen LogP contribution in [0.25, 0.3) is 5.69 Å². The third kappa shape index (κ3) is 5.68. The van der Waals surface area contributed by atoms with E-state index in [0.717, 1.165) is 45.1 Å². The van der Waals surface area contributed by atoms with E-state index in [1.165, 1.54) is 5.57 Å². The van der Waals surface area contributed by atoms with E-state index >= 15 is 0 Å². The van der Waals surface area contributed by atoms with Crippen molar-refractivity contribution in [1.82, 2.24) is 15.0 Å². The lowest BCUT2D eigenvalue weighted by molar-refractivity contribution is -0.400. The lowest BCUT2D eigenvalue weighted by atomic mass is 9.32. The smallest absolute Gasteiger partial charge is 0.335 e. The highest BCUT2D eigenvalue weighted by molar-refractivity contribution is 5.87. The first-order valence-electron chi connectivity index (χ1n) is 21.6. The van der Waals surface area contributed by atoms with Gasteiger partial charge in [-0.15, -0.1) is 5.10 Å². The Balaban J connectivity index is 1.05. The summed E-state index contributed by atoms with van der Waals surface area (Å²) in [5, 5.41) is 30.1. The number of aromatic carboxylic acids is 1. The quantitative estimate of drug-likeness (QED) is 0.278. The third-order valence-corrected chi connectivity index (χ3v) is 17.2. The number of benzene rings is 1. The van der Waals surface area contributed by atoms with Crippen LogP contribution in [0.15, 0.2) is 42.1 Å². The van der Waals surface area contributed by atoms with Crippen molar-refractivity contribution in [2.75, 3.05) is 13.2 Å². The van der Waals surface area contributed by atoms with Gasteiger partial charge in [-0.05, 0) is 136 Å². The molecule has 0 amide bonds. The Morgan fingerprint density at radius 1 is 0.930 bits per heavy atom. The lowest BCUT2D eigenvalue weighted by Gasteiger charge is -2.75. The largest absolute Gasteiger partial charge is 0.478 e. The van der Waals surface area contributed by atoms with Crippen molar-refractivity contribution in [3.63, 3.8) is 0 Å². The maximum absolute atomic E-state index is 12.0. The van der Waals surface area contributed by atoms with E-state index in [0.29, 0.717) is 35.7 Å². The Morgan fingerprint density at radius 2 is 1.65 bits per heavy atom. The molecule has 0 spiro atoms. The topological polar surface area (TPSA) is 134 Å². The second-order valence-corrected chi connectivity index (χ2v) is 21.3. The van der Waals surface area contributed by atoms with Crippen molar-refractivity contribution in [2.45, 2.75) is 150 Å². The summed E-state index contributed by atoms with van der Waals surface area (Å²) in [4.78, 5) is 11.4. The van der Waals surface area contributed by atoms with Crippen molar-refractivity contribution in [3.05, 3.63) is 53.4 Å². The maximum atomic E-state index is 12.0. The number of allylic oxidation sites excluding steroid dienone is 2. The molecule has 3 heterocycles. The molecule has 9 rings (SSSR count). The maximum Gasteiger partial charge on any atom is 0.335 e. The molecule has 1 aromatic carbocycles. The van der Waals surface area contributed by atoms with Gasteiger partial charge in [-0.3, -0.25) is 0 Å². The van der Waals surface area contributed by atoms with E-state index in [2.05, 4.69) is 71.8 Å². The summed E-state index contributed by atoms with van der Waals surface area (Å²) >= 11 is 0. The number of ether oxygens (including phenoxy) is 5. The van der Waals surface area contributed by atoms with Gasteiger partial charge in [-0.1, -0.05) is 58.4 Å². The summed E-state index contributed by atoms with van der Waals surface area (Å²) in [6, 6.07) is 6.55. The number of rotatable bonds is 6. The van der Waals surface area contributed by atoms with Crippen LogP contribution in [0.1, 0.15) is 124 Å². The van der Waals surface area contributed by atoms with E-state index in [-0.39, 0.29) is 57.9 Å². The molecular weight excluding hydrogens is 723 g/mol. The summed E-state index contributed by atoms with van der Waals surface area (Å²) in [6.07, 6.45) is 9.42. The van der Waals surface area contributed by atoms with Gasteiger partial charge in [0.25, 0.3) is 0 Å². The summed E-state index contributed by atoms with van der Waals surface area (Å²) in [7, 11) is 0. The minimum atomic E-state index is -0.973. The fourth-order valence-electron chi connectivity index (χ4n) is 14.9. The van der Waals surface area contributed by atoms with Crippen LogP contribution in [0.3, 0.4) is 0 Å². The van der Waals surface area contributed by atoms with E-state index in [1.54, 1.807) is 28.9 Å². The van der Waals surface area contributed by atoms with Crippen LogP contribution in [-0.2, 0) is 30.3 Å². The highest BCUT2D eigenvalue weighted by Crippen LogP contribution is 2.77. The molecule has 5 aliphatic carbocycles. The Hall–Kier alpha value is -2.67. The zero-order valence-electron chi connectivity index (χ0n) is 35.7. The first-order valence-corrected chi connectivity index (χ1v) is 21.6. The van der Waals surface area contributed by atoms with Gasteiger partial charge in [0.15, 0.2) is 11.6 Å². The second-order valence-electron chi connectivity index (χ2n) is 21.3. The van der Waals surface area contributed by atoms with E-state index in [1.807, 2.05) is 20.0 Å². The summed E-state index contributed by atoms with van der Waals surface area (Å²) in [5.41, 5.74) is 2.49. The molecule has 0 bridgehead atoms. The van der Waals surface area contributed by atoms with Crippen molar-refractivity contribution in [2.24, 2.45) is 56.7 Å². The van der Waals surface area contributed by atoms with Gasteiger partial charge < -0.3 is 33.9 Å². The number of fused-ring (bicyclic) bond motifs is 8. The molecule has 2 aromatic rings. The lowest BCUT2D eigenvalue weighted by Crippen LogP contribution is -2.75. The molecule has 4 saturated carbocycles. The molecule has 3 unspecified atom stereocenters.